The van der Waals surface area contributed by atoms with E-state index in [9.17, 15) is 4.79 Å². The van der Waals surface area contributed by atoms with Crippen LogP contribution in [-0.4, -0.2) is 18.7 Å². The average Bonchev–Trinajstić information content (AvgIpc) is 3.23. The first-order chi connectivity index (χ1) is 16.4. The molecule has 1 aromatic heterocycles. The fourth-order valence-electron chi connectivity index (χ4n) is 3.25. The van der Waals surface area contributed by atoms with Crippen LogP contribution in [0.5, 0.6) is 11.5 Å². The van der Waals surface area contributed by atoms with Crippen LogP contribution < -0.4 is 14.9 Å². The van der Waals surface area contributed by atoms with E-state index in [0.29, 0.717) is 39.8 Å². The molecule has 8 heteroatoms. The van der Waals surface area contributed by atoms with Gasteiger partial charge in [0.15, 0.2) is 17.3 Å². The van der Waals surface area contributed by atoms with E-state index in [1.807, 2.05) is 44.2 Å². The summed E-state index contributed by atoms with van der Waals surface area (Å²) in [6.45, 7) is 4.83. The van der Waals surface area contributed by atoms with Gasteiger partial charge in [0, 0.05) is 10.4 Å². The number of fused-ring (bicyclic) bond motifs is 1. The maximum atomic E-state index is 12.4. The molecule has 6 nitrogen and oxygen atoms in total. The highest BCUT2D eigenvalue weighted by molar-refractivity contribution is 9.10. The highest BCUT2D eigenvalue weighted by atomic mass is 79.9. The lowest BCUT2D eigenvalue weighted by atomic mass is 10.2. The van der Waals surface area contributed by atoms with Crippen molar-refractivity contribution in [1.82, 2.24) is 5.43 Å². The van der Waals surface area contributed by atoms with Crippen molar-refractivity contribution >= 4 is 50.6 Å². The minimum atomic E-state index is -0.467. The predicted octanol–water partition coefficient (Wildman–Crippen LogP) is 6.90. The number of hydrazone groups is 1. The standard InChI is InChI=1S/C26H22BrClN2O4/c1-3-32-23-11-18(10-21(27)25(23)33-15-17-6-4-16(2)5-7-17)14-29-30-26(31)24-13-19-12-20(28)8-9-22(19)34-24/h4-14H,3,15H2,1-2H3,(H,30,31)/b29-14+. The predicted molar refractivity (Wildman–Crippen MR) is 137 cm³/mol. The van der Waals surface area contributed by atoms with Gasteiger partial charge in [0.1, 0.15) is 12.2 Å². The second-order valence-corrected chi connectivity index (χ2v) is 8.82. The summed E-state index contributed by atoms with van der Waals surface area (Å²) in [4.78, 5) is 12.4. The molecule has 1 heterocycles. The lowest BCUT2D eigenvalue weighted by Crippen LogP contribution is -2.16. The van der Waals surface area contributed by atoms with E-state index in [1.54, 1.807) is 30.3 Å². The maximum absolute atomic E-state index is 12.4. The molecule has 3 aromatic carbocycles. The molecule has 0 unspecified atom stereocenters. The Kier molecular flexibility index (Phi) is 7.55. The molecular weight excluding hydrogens is 520 g/mol. The monoisotopic (exact) mass is 540 g/mol. The number of carbonyl (C=O) groups is 1. The molecule has 0 fully saturated rings. The number of benzene rings is 3. The fourth-order valence-corrected chi connectivity index (χ4v) is 4.01. The average molecular weight is 542 g/mol. The summed E-state index contributed by atoms with van der Waals surface area (Å²) in [7, 11) is 0. The van der Waals surface area contributed by atoms with Crippen molar-refractivity contribution in [2.24, 2.45) is 5.10 Å². The second-order valence-electron chi connectivity index (χ2n) is 7.53. The Bertz CT molecular complexity index is 1350. The molecule has 0 aliphatic carbocycles. The number of amides is 1. The van der Waals surface area contributed by atoms with Gasteiger partial charge in [0.2, 0.25) is 0 Å². The Morgan fingerprint density at radius 1 is 1.12 bits per heavy atom. The maximum Gasteiger partial charge on any atom is 0.307 e. The van der Waals surface area contributed by atoms with Crippen LogP contribution in [0.25, 0.3) is 11.0 Å². The normalized spacial score (nSPS) is 11.2. The summed E-state index contributed by atoms with van der Waals surface area (Å²) in [6.07, 6.45) is 1.52. The third-order valence-electron chi connectivity index (χ3n) is 4.92. The summed E-state index contributed by atoms with van der Waals surface area (Å²) in [5.41, 5.74) is 6.02. The number of nitrogens with zero attached hydrogens (tertiary/aromatic N) is 1. The third-order valence-corrected chi connectivity index (χ3v) is 5.74. The Balaban J connectivity index is 1.46. The van der Waals surface area contributed by atoms with E-state index >= 15 is 0 Å². The van der Waals surface area contributed by atoms with E-state index in [2.05, 4.69) is 26.5 Å². The van der Waals surface area contributed by atoms with Gasteiger partial charge < -0.3 is 13.9 Å². The quantitative estimate of drug-likeness (QED) is 0.195. The Morgan fingerprint density at radius 2 is 1.91 bits per heavy atom. The first-order valence-electron chi connectivity index (χ1n) is 10.6. The molecule has 4 aromatic rings. The second kappa shape index (κ2) is 10.8. The van der Waals surface area contributed by atoms with E-state index in [0.717, 1.165) is 16.5 Å². The lowest BCUT2D eigenvalue weighted by molar-refractivity contribution is 0.0929. The van der Waals surface area contributed by atoms with Crippen LogP contribution in [0.3, 0.4) is 0 Å². The van der Waals surface area contributed by atoms with E-state index in [-0.39, 0.29) is 5.76 Å². The van der Waals surface area contributed by atoms with Gasteiger partial charge in [-0.25, -0.2) is 5.43 Å². The molecule has 0 atom stereocenters. The van der Waals surface area contributed by atoms with Crippen molar-refractivity contribution in [3.8, 4) is 11.5 Å². The molecule has 0 spiro atoms. The zero-order valence-corrected chi connectivity index (χ0v) is 20.9. The van der Waals surface area contributed by atoms with Gasteiger partial charge in [-0.05, 0) is 77.3 Å². The molecule has 0 aliphatic rings. The van der Waals surface area contributed by atoms with Crippen LogP contribution in [0, 0.1) is 6.92 Å². The molecule has 0 bridgehead atoms. The van der Waals surface area contributed by atoms with Gasteiger partial charge in [0.25, 0.3) is 0 Å². The van der Waals surface area contributed by atoms with Crippen molar-refractivity contribution in [3.63, 3.8) is 0 Å². The first-order valence-corrected chi connectivity index (χ1v) is 11.8. The van der Waals surface area contributed by atoms with Gasteiger partial charge in [-0.1, -0.05) is 41.4 Å². The minimum Gasteiger partial charge on any atom is -0.490 e. The number of furan rings is 1. The zero-order valence-electron chi connectivity index (χ0n) is 18.6. The highest BCUT2D eigenvalue weighted by Crippen LogP contribution is 2.37. The van der Waals surface area contributed by atoms with Gasteiger partial charge in [0.05, 0.1) is 17.3 Å². The molecule has 0 saturated heterocycles. The highest BCUT2D eigenvalue weighted by Gasteiger charge is 2.14. The molecule has 34 heavy (non-hydrogen) atoms. The van der Waals surface area contributed by atoms with Gasteiger partial charge in [-0.3, -0.25) is 4.79 Å². The molecule has 1 N–H and O–H groups in total. The fraction of sp³-hybridized carbons (Fsp3) is 0.154. The Labute approximate surface area is 210 Å². The number of carbonyl (C=O) groups excluding carboxylic acids is 1. The van der Waals surface area contributed by atoms with Crippen molar-refractivity contribution in [3.05, 3.63) is 92.6 Å². The topological polar surface area (TPSA) is 73.1 Å². The number of nitrogens with one attached hydrogen (secondary N) is 1. The summed E-state index contributed by atoms with van der Waals surface area (Å²) in [6, 6.07) is 18.6. The molecule has 174 valence electrons. The SMILES string of the molecule is CCOc1cc(/C=N/NC(=O)c2cc3cc(Cl)ccc3o2)cc(Br)c1OCc1ccc(C)cc1. The molecule has 4 rings (SSSR count). The summed E-state index contributed by atoms with van der Waals surface area (Å²) >= 11 is 9.54. The minimum absolute atomic E-state index is 0.144. The third kappa shape index (κ3) is 5.79. The van der Waals surface area contributed by atoms with Crippen LogP contribution in [0.15, 0.2) is 74.7 Å². The molecular formula is C26H22BrClN2O4. The summed E-state index contributed by atoms with van der Waals surface area (Å²) in [5.74, 6) is 0.853. The lowest BCUT2D eigenvalue weighted by Gasteiger charge is -2.14. The van der Waals surface area contributed by atoms with Crippen LogP contribution in [0.2, 0.25) is 5.02 Å². The number of aryl methyl sites for hydroxylation is 1. The van der Waals surface area contributed by atoms with Crippen molar-refractivity contribution in [2.45, 2.75) is 20.5 Å². The van der Waals surface area contributed by atoms with Crippen LogP contribution in [-0.2, 0) is 6.61 Å². The molecule has 0 radical (unpaired) electrons. The Morgan fingerprint density at radius 3 is 2.68 bits per heavy atom. The van der Waals surface area contributed by atoms with Crippen LogP contribution >= 0.6 is 27.5 Å². The molecule has 0 saturated carbocycles. The summed E-state index contributed by atoms with van der Waals surface area (Å²) in [5, 5.41) is 5.36. The van der Waals surface area contributed by atoms with E-state index < -0.39 is 5.91 Å². The van der Waals surface area contributed by atoms with Crippen molar-refractivity contribution < 1.29 is 18.7 Å². The first kappa shape index (κ1) is 23.9. The number of rotatable bonds is 8. The van der Waals surface area contributed by atoms with E-state index in [4.69, 9.17) is 25.5 Å². The number of hydrogen-bond donors (Lipinski definition) is 1. The van der Waals surface area contributed by atoms with Crippen LogP contribution in [0.4, 0.5) is 0 Å². The number of ether oxygens (including phenoxy) is 2. The van der Waals surface area contributed by atoms with Crippen molar-refractivity contribution in [2.75, 3.05) is 6.61 Å². The van der Waals surface area contributed by atoms with Gasteiger partial charge in [-0.15, -0.1) is 0 Å². The largest absolute Gasteiger partial charge is 0.490 e. The number of halogens is 2. The van der Waals surface area contributed by atoms with Gasteiger partial charge >= 0.3 is 5.91 Å². The zero-order chi connectivity index (χ0) is 24.1. The molecule has 1 amide bonds. The smallest absolute Gasteiger partial charge is 0.307 e. The number of hydrogen-bond acceptors (Lipinski definition) is 5. The van der Waals surface area contributed by atoms with Crippen LogP contribution in [0.1, 0.15) is 34.2 Å². The van der Waals surface area contributed by atoms with Gasteiger partial charge in [-0.2, -0.15) is 5.10 Å². The van der Waals surface area contributed by atoms with E-state index in [1.165, 1.54) is 11.8 Å². The summed E-state index contributed by atoms with van der Waals surface area (Å²) < 4.78 is 18.1. The molecule has 0 aliphatic heterocycles. The Hall–Kier alpha value is -3.29. The van der Waals surface area contributed by atoms with Crippen molar-refractivity contribution in [1.29, 1.82) is 0 Å².